The highest BCUT2D eigenvalue weighted by molar-refractivity contribution is 6.84. The van der Waals surface area contributed by atoms with Gasteiger partial charge in [0.25, 0.3) is 0 Å². The monoisotopic (exact) mass is 427 g/mol. The smallest absolute Gasteiger partial charge is 0.430 e. The lowest BCUT2D eigenvalue weighted by Gasteiger charge is -2.52. The van der Waals surface area contributed by atoms with Gasteiger partial charge in [0.1, 0.15) is 0 Å². The molecule has 3 aliphatic heterocycles. The molecule has 0 bridgehead atoms. The van der Waals surface area contributed by atoms with Crippen molar-refractivity contribution in [2.45, 2.75) is 38.5 Å². The second-order valence-corrected chi connectivity index (χ2v) is 10.6. The lowest BCUT2D eigenvalue weighted by molar-refractivity contribution is 0.583. The van der Waals surface area contributed by atoms with Gasteiger partial charge in [-0.25, -0.2) is 0 Å². The number of anilines is 3. The summed E-state index contributed by atoms with van der Waals surface area (Å²) in [6, 6.07) is 30.6. The zero-order valence-electron chi connectivity index (χ0n) is 19.5. The molecule has 0 aromatic heterocycles. The largest absolute Gasteiger partial charge is 0.551 e. The number of hydrogen-bond donors (Lipinski definition) is 0. The van der Waals surface area contributed by atoms with Crippen molar-refractivity contribution >= 4 is 34.9 Å². The predicted molar refractivity (Wildman–Crippen MR) is 137 cm³/mol. The Morgan fingerprint density at radius 2 is 1.00 bits per heavy atom. The van der Waals surface area contributed by atoms with Gasteiger partial charge in [0.05, 0.1) is 11.4 Å². The number of rotatable bonds is 2. The standard InChI is InChI=1S/C30H26BNO/c1-29(2)20-13-8-14-21-26(20)32-27-22(29)15-9-17-24(27)31(33-19-11-6-5-7-12-19)25-18-10-16-23(28(25)32)30(21,3)4/h5-18H,1-4H3. The van der Waals surface area contributed by atoms with Crippen LogP contribution in [-0.2, 0) is 10.8 Å². The average molecular weight is 427 g/mol. The van der Waals surface area contributed by atoms with Crippen LogP contribution >= 0.6 is 0 Å². The van der Waals surface area contributed by atoms with Crippen molar-refractivity contribution in [2.24, 2.45) is 0 Å². The van der Waals surface area contributed by atoms with E-state index in [1.54, 1.807) is 0 Å². The first-order valence-corrected chi connectivity index (χ1v) is 11.8. The Morgan fingerprint density at radius 1 is 0.545 bits per heavy atom. The lowest BCUT2D eigenvalue weighted by Crippen LogP contribution is -2.57. The summed E-state index contributed by atoms with van der Waals surface area (Å²) in [7, 11) is 0. The summed E-state index contributed by atoms with van der Waals surface area (Å²) in [4.78, 5) is 2.56. The van der Waals surface area contributed by atoms with E-state index in [-0.39, 0.29) is 17.7 Å². The molecule has 0 saturated heterocycles. The van der Waals surface area contributed by atoms with E-state index in [2.05, 4.69) is 99.3 Å². The van der Waals surface area contributed by atoms with Gasteiger partial charge in [0, 0.05) is 22.2 Å². The summed E-state index contributed by atoms with van der Waals surface area (Å²) in [6.07, 6.45) is 0. The van der Waals surface area contributed by atoms with Crippen molar-refractivity contribution in [3.8, 4) is 5.75 Å². The average Bonchev–Trinajstić information content (AvgIpc) is 2.82. The second-order valence-electron chi connectivity index (χ2n) is 10.6. The van der Waals surface area contributed by atoms with Crippen LogP contribution in [0.15, 0.2) is 84.9 Å². The van der Waals surface area contributed by atoms with Crippen molar-refractivity contribution < 1.29 is 4.65 Å². The van der Waals surface area contributed by atoms with E-state index in [4.69, 9.17) is 4.65 Å². The third-order valence-corrected chi connectivity index (χ3v) is 8.10. The summed E-state index contributed by atoms with van der Waals surface area (Å²) in [6.45, 7) is 9.32. The van der Waals surface area contributed by atoms with E-state index in [1.165, 1.54) is 50.2 Å². The van der Waals surface area contributed by atoms with Crippen molar-refractivity contribution in [2.75, 3.05) is 4.90 Å². The molecule has 3 heteroatoms. The molecule has 3 aliphatic rings. The van der Waals surface area contributed by atoms with Gasteiger partial charge in [0.2, 0.25) is 0 Å². The first kappa shape index (κ1) is 19.1. The predicted octanol–water partition coefficient (Wildman–Crippen LogP) is 5.93. The molecular weight excluding hydrogens is 401 g/mol. The molecule has 0 N–H and O–H groups in total. The Balaban J connectivity index is 1.61. The van der Waals surface area contributed by atoms with Gasteiger partial charge >= 0.3 is 6.92 Å². The summed E-state index contributed by atoms with van der Waals surface area (Å²) >= 11 is 0. The molecule has 0 aliphatic carbocycles. The van der Waals surface area contributed by atoms with Crippen LogP contribution in [-0.4, -0.2) is 6.92 Å². The van der Waals surface area contributed by atoms with Crippen LogP contribution in [0.1, 0.15) is 49.9 Å². The van der Waals surface area contributed by atoms with Crippen molar-refractivity contribution in [3.63, 3.8) is 0 Å². The van der Waals surface area contributed by atoms with Crippen molar-refractivity contribution in [3.05, 3.63) is 107 Å². The van der Waals surface area contributed by atoms with Gasteiger partial charge in [-0.2, -0.15) is 0 Å². The Morgan fingerprint density at radius 3 is 1.52 bits per heavy atom. The highest BCUT2D eigenvalue weighted by atomic mass is 16.4. The molecule has 0 unspecified atom stereocenters. The van der Waals surface area contributed by atoms with E-state index >= 15 is 0 Å². The lowest BCUT2D eigenvalue weighted by atomic mass is 9.49. The van der Waals surface area contributed by atoms with Gasteiger partial charge in [-0.3, -0.25) is 0 Å². The summed E-state index contributed by atoms with van der Waals surface area (Å²) in [5.74, 6) is 0.900. The minimum absolute atomic E-state index is 0.0929. The molecule has 160 valence electrons. The summed E-state index contributed by atoms with van der Waals surface area (Å²) < 4.78 is 6.75. The third-order valence-electron chi connectivity index (χ3n) is 8.10. The normalized spacial score (nSPS) is 17.5. The maximum Gasteiger partial charge on any atom is 0.430 e. The van der Waals surface area contributed by atoms with E-state index in [0.717, 1.165) is 5.75 Å². The zero-order valence-corrected chi connectivity index (χ0v) is 19.5. The summed E-state index contributed by atoms with van der Waals surface area (Å²) in [5, 5.41) is 0. The highest BCUT2D eigenvalue weighted by Gasteiger charge is 2.51. The molecule has 0 spiro atoms. The van der Waals surface area contributed by atoms with Crippen LogP contribution in [0.4, 0.5) is 17.1 Å². The molecule has 0 atom stereocenters. The van der Waals surface area contributed by atoms with Crippen LogP contribution in [0, 0.1) is 0 Å². The number of nitrogens with zero attached hydrogens (tertiary/aromatic N) is 1. The van der Waals surface area contributed by atoms with Crippen LogP contribution in [0.3, 0.4) is 0 Å². The van der Waals surface area contributed by atoms with E-state index in [0.29, 0.717) is 0 Å². The van der Waals surface area contributed by atoms with Gasteiger partial charge < -0.3 is 9.55 Å². The molecule has 0 amide bonds. The molecule has 7 rings (SSSR count). The first-order chi connectivity index (χ1) is 15.9. The van der Waals surface area contributed by atoms with Gasteiger partial charge in [-0.05, 0) is 45.3 Å². The van der Waals surface area contributed by atoms with Crippen LogP contribution in [0.25, 0.3) is 0 Å². The molecule has 33 heavy (non-hydrogen) atoms. The van der Waals surface area contributed by atoms with Gasteiger partial charge in [-0.15, -0.1) is 0 Å². The van der Waals surface area contributed by atoms with Gasteiger partial charge in [0.15, 0.2) is 0 Å². The molecular formula is C30H26BNO. The van der Waals surface area contributed by atoms with Crippen molar-refractivity contribution in [1.82, 2.24) is 0 Å². The Hall–Kier alpha value is -3.46. The SMILES string of the molecule is CC1(C)c2cccc3c2N2c4c(cccc4C(C)(C)c4cccc1c42)B3Oc1ccccc1. The Bertz CT molecular complexity index is 1370. The zero-order chi connectivity index (χ0) is 22.5. The first-order valence-electron chi connectivity index (χ1n) is 11.8. The number of hydrogen-bond acceptors (Lipinski definition) is 2. The number of benzene rings is 4. The summed E-state index contributed by atoms with van der Waals surface area (Å²) in [5.41, 5.74) is 11.8. The molecule has 4 aromatic carbocycles. The molecule has 4 aromatic rings. The van der Waals surface area contributed by atoms with E-state index in [1.807, 2.05) is 18.2 Å². The fraction of sp³-hybridized carbons (Fsp3) is 0.200. The van der Waals surface area contributed by atoms with E-state index in [9.17, 15) is 0 Å². The fourth-order valence-corrected chi connectivity index (χ4v) is 6.40. The minimum Gasteiger partial charge on any atom is -0.551 e. The fourth-order valence-electron chi connectivity index (χ4n) is 6.40. The van der Waals surface area contributed by atoms with E-state index < -0.39 is 0 Å². The van der Waals surface area contributed by atoms with Gasteiger partial charge in [-0.1, -0.05) is 100 Å². The Kier molecular flexibility index (Phi) is 3.53. The third kappa shape index (κ3) is 2.25. The molecule has 0 radical (unpaired) electrons. The molecule has 2 nitrogen and oxygen atoms in total. The maximum atomic E-state index is 6.75. The van der Waals surface area contributed by atoms with Crippen molar-refractivity contribution in [1.29, 1.82) is 0 Å². The highest BCUT2D eigenvalue weighted by Crippen LogP contribution is 2.59. The second kappa shape index (κ2) is 6.11. The molecule has 0 fully saturated rings. The van der Waals surface area contributed by atoms with Crippen LogP contribution in [0.2, 0.25) is 0 Å². The van der Waals surface area contributed by atoms with Crippen LogP contribution in [0.5, 0.6) is 5.75 Å². The topological polar surface area (TPSA) is 12.5 Å². The number of para-hydroxylation sites is 4. The maximum absolute atomic E-state index is 6.75. The quantitative estimate of drug-likeness (QED) is 0.368. The minimum atomic E-state index is -0.146. The van der Waals surface area contributed by atoms with Crippen LogP contribution < -0.4 is 20.5 Å². The molecule has 3 heterocycles. The molecule has 0 saturated carbocycles. The Labute approximate surface area is 196 Å².